The van der Waals surface area contributed by atoms with E-state index in [1.165, 1.54) is 0 Å². The van der Waals surface area contributed by atoms with Crippen LogP contribution in [0.25, 0.3) is 0 Å². The average molecular weight is 300 g/mol. The third kappa shape index (κ3) is 1.97. The number of halogens is 1. The quantitative estimate of drug-likeness (QED) is 0.620. The van der Waals surface area contributed by atoms with Crippen molar-refractivity contribution in [1.29, 1.82) is 0 Å². The molecule has 0 bridgehead atoms. The Balaban J connectivity index is 2.22. The van der Waals surface area contributed by atoms with Gasteiger partial charge in [-0.1, -0.05) is 0 Å². The number of ether oxygens (including phenoxy) is 1. The number of allylic oxidation sites excluding steroid dienone is 1. The van der Waals surface area contributed by atoms with Crippen LogP contribution >= 0.6 is 22.6 Å². The summed E-state index contributed by atoms with van der Waals surface area (Å²) in [5, 5.41) is 0. The van der Waals surface area contributed by atoms with Crippen LogP contribution in [-0.4, -0.2) is 12.4 Å². The summed E-state index contributed by atoms with van der Waals surface area (Å²) in [5.74, 6) is 0.477. The number of rotatable bonds is 2. The molecular weight excluding hydrogens is 291 g/mol. The Morgan fingerprint density at radius 1 is 1.29 bits per heavy atom. The second-order valence-electron chi connectivity index (χ2n) is 3.04. The van der Waals surface area contributed by atoms with Gasteiger partial charge in [-0.25, -0.2) is 0 Å². The molecule has 1 heterocycles. The van der Waals surface area contributed by atoms with Gasteiger partial charge in [0.2, 0.25) is 5.78 Å². The van der Waals surface area contributed by atoms with Gasteiger partial charge in [0.05, 0.1) is 6.61 Å². The van der Waals surface area contributed by atoms with Crippen LogP contribution < -0.4 is 0 Å². The summed E-state index contributed by atoms with van der Waals surface area (Å²) < 4.78 is 6.33. The van der Waals surface area contributed by atoms with Crippen molar-refractivity contribution < 1.29 is 9.53 Å². The predicted molar refractivity (Wildman–Crippen MR) is 62.1 cm³/mol. The number of Topliss-reactive ketones (excluding diaryl/α,β-unsaturated/α-hetero) is 1. The first-order chi connectivity index (χ1) is 6.77. The van der Waals surface area contributed by atoms with Crippen molar-refractivity contribution in [3.05, 3.63) is 45.2 Å². The van der Waals surface area contributed by atoms with Crippen LogP contribution in [0.3, 0.4) is 0 Å². The molecule has 0 saturated carbocycles. The molecule has 0 aromatic heterocycles. The highest BCUT2D eigenvalue weighted by atomic mass is 127. The largest absolute Gasteiger partial charge is 0.489 e. The van der Waals surface area contributed by atoms with Crippen LogP contribution in [0.5, 0.6) is 0 Å². The molecule has 2 nitrogen and oxygen atoms in total. The second-order valence-corrected chi connectivity index (χ2v) is 4.29. The van der Waals surface area contributed by atoms with Crippen molar-refractivity contribution >= 4 is 28.4 Å². The van der Waals surface area contributed by atoms with Gasteiger partial charge in [0.15, 0.2) is 5.76 Å². The highest BCUT2D eigenvalue weighted by molar-refractivity contribution is 14.1. The van der Waals surface area contributed by atoms with Gasteiger partial charge in [0, 0.05) is 15.6 Å². The molecule has 1 aliphatic rings. The van der Waals surface area contributed by atoms with Crippen LogP contribution in [0.1, 0.15) is 16.8 Å². The van der Waals surface area contributed by atoms with E-state index >= 15 is 0 Å². The maximum absolute atomic E-state index is 11.8. The number of hydrogen-bond acceptors (Lipinski definition) is 2. The van der Waals surface area contributed by atoms with E-state index in [4.69, 9.17) is 4.74 Å². The summed E-state index contributed by atoms with van der Waals surface area (Å²) in [5.41, 5.74) is 0.693. The SMILES string of the molecule is O=C(C1=CCCO1)c1ccc(I)cc1. The van der Waals surface area contributed by atoms with Crippen LogP contribution in [0, 0.1) is 3.57 Å². The fraction of sp³-hybridized carbons (Fsp3) is 0.182. The van der Waals surface area contributed by atoms with Gasteiger partial charge in [0.25, 0.3) is 0 Å². The van der Waals surface area contributed by atoms with Gasteiger partial charge in [-0.15, -0.1) is 0 Å². The van der Waals surface area contributed by atoms with Crippen molar-refractivity contribution in [2.45, 2.75) is 6.42 Å². The summed E-state index contributed by atoms with van der Waals surface area (Å²) in [7, 11) is 0. The van der Waals surface area contributed by atoms with Crippen molar-refractivity contribution in [2.24, 2.45) is 0 Å². The molecule has 0 atom stereocenters. The lowest BCUT2D eigenvalue weighted by molar-refractivity contribution is 0.0942. The number of carbonyl (C=O) groups excluding carboxylic acids is 1. The van der Waals surface area contributed by atoms with E-state index < -0.39 is 0 Å². The number of ketones is 1. The molecule has 3 heteroatoms. The molecule has 2 rings (SSSR count). The van der Waals surface area contributed by atoms with Crippen molar-refractivity contribution in [3.8, 4) is 0 Å². The lowest BCUT2D eigenvalue weighted by atomic mass is 10.1. The highest BCUT2D eigenvalue weighted by Crippen LogP contribution is 2.16. The minimum atomic E-state index is -0.0149. The highest BCUT2D eigenvalue weighted by Gasteiger charge is 2.16. The Morgan fingerprint density at radius 2 is 2.00 bits per heavy atom. The zero-order valence-corrected chi connectivity index (χ0v) is 9.65. The van der Waals surface area contributed by atoms with Crippen LogP contribution in [0.4, 0.5) is 0 Å². The molecule has 0 amide bonds. The van der Waals surface area contributed by atoms with Crippen LogP contribution in [0.2, 0.25) is 0 Å². The monoisotopic (exact) mass is 300 g/mol. The van der Waals surface area contributed by atoms with E-state index in [0.29, 0.717) is 17.9 Å². The molecule has 0 fully saturated rings. The van der Waals surface area contributed by atoms with E-state index in [2.05, 4.69) is 22.6 Å². The summed E-state index contributed by atoms with van der Waals surface area (Å²) in [4.78, 5) is 11.8. The number of hydrogen-bond donors (Lipinski definition) is 0. The zero-order chi connectivity index (χ0) is 9.97. The summed E-state index contributed by atoms with van der Waals surface area (Å²) in [6.45, 7) is 0.630. The van der Waals surface area contributed by atoms with E-state index in [1.807, 2.05) is 30.3 Å². The van der Waals surface area contributed by atoms with Gasteiger partial charge in [0.1, 0.15) is 0 Å². The minimum absolute atomic E-state index is 0.0149. The Bertz CT molecular complexity index is 379. The summed E-state index contributed by atoms with van der Waals surface area (Å²) in [6, 6.07) is 7.49. The molecule has 0 radical (unpaired) electrons. The maximum atomic E-state index is 11.8. The number of carbonyl (C=O) groups is 1. The minimum Gasteiger partial charge on any atom is -0.489 e. The Hall–Kier alpha value is -0.840. The number of benzene rings is 1. The predicted octanol–water partition coefficient (Wildman–Crippen LogP) is 2.78. The molecule has 1 aromatic rings. The molecule has 0 unspecified atom stereocenters. The smallest absolute Gasteiger partial charge is 0.227 e. The van der Waals surface area contributed by atoms with E-state index in [9.17, 15) is 4.79 Å². The summed E-state index contributed by atoms with van der Waals surface area (Å²) in [6.07, 6.45) is 2.69. The van der Waals surface area contributed by atoms with Gasteiger partial charge >= 0.3 is 0 Å². The fourth-order valence-corrected chi connectivity index (χ4v) is 1.68. The van der Waals surface area contributed by atoms with Crippen LogP contribution in [0.15, 0.2) is 36.1 Å². The molecule has 0 N–H and O–H groups in total. The Morgan fingerprint density at radius 3 is 2.57 bits per heavy atom. The normalized spacial score (nSPS) is 14.8. The second kappa shape index (κ2) is 4.13. The first kappa shape index (κ1) is 9.71. The molecule has 0 spiro atoms. The molecule has 1 aliphatic heterocycles. The first-order valence-corrected chi connectivity index (χ1v) is 5.48. The van der Waals surface area contributed by atoms with Gasteiger partial charge in [-0.2, -0.15) is 0 Å². The van der Waals surface area contributed by atoms with E-state index in [1.54, 1.807) is 0 Å². The Kier molecular flexibility index (Phi) is 2.86. The zero-order valence-electron chi connectivity index (χ0n) is 7.50. The standard InChI is InChI=1S/C11H9IO2/c12-9-5-3-8(4-6-9)11(13)10-2-1-7-14-10/h2-6H,1,7H2. The molecule has 72 valence electrons. The molecular formula is C11H9IO2. The topological polar surface area (TPSA) is 26.3 Å². The first-order valence-electron chi connectivity index (χ1n) is 4.40. The van der Waals surface area contributed by atoms with Crippen molar-refractivity contribution in [3.63, 3.8) is 0 Å². The van der Waals surface area contributed by atoms with Crippen molar-refractivity contribution in [2.75, 3.05) is 6.61 Å². The van der Waals surface area contributed by atoms with Crippen LogP contribution in [-0.2, 0) is 4.74 Å². The molecule has 14 heavy (non-hydrogen) atoms. The maximum Gasteiger partial charge on any atom is 0.227 e. The fourth-order valence-electron chi connectivity index (χ4n) is 1.32. The third-order valence-corrected chi connectivity index (χ3v) is 2.75. The van der Waals surface area contributed by atoms with Gasteiger partial charge in [-0.05, 0) is 52.9 Å². The average Bonchev–Trinajstić information content (AvgIpc) is 2.71. The lowest BCUT2D eigenvalue weighted by Crippen LogP contribution is -2.03. The molecule has 0 saturated heterocycles. The molecule has 1 aromatic carbocycles. The lowest BCUT2D eigenvalue weighted by Gasteiger charge is -2.02. The van der Waals surface area contributed by atoms with Crippen molar-refractivity contribution in [1.82, 2.24) is 0 Å². The molecule has 0 aliphatic carbocycles. The third-order valence-electron chi connectivity index (χ3n) is 2.04. The van der Waals surface area contributed by atoms with Gasteiger partial charge in [-0.3, -0.25) is 4.79 Å². The Labute approximate surface area is 96.1 Å². The van der Waals surface area contributed by atoms with Gasteiger partial charge < -0.3 is 4.74 Å². The summed E-state index contributed by atoms with van der Waals surface area (Å²) >= 11 is 2.21. The van der Waals surface area contributed by atoms with E-state index in [-0.39, 0.29) is 5.78 Å². The van der Waals surface area contributed by atoms with E-state index in [0.717, 1.165) is 9.99 Å².